The molecule has 0 radical (unpaired) electrons. The number of hydrogen-bond acceptors (Lipinski definition) is 7. The Labute approximate surface area is 151 Å². The summed E-state index contributed by atoms with van der Waals surface area (Å²) >= 11 is 0. The summed E-state index contributed by atoms with van der Waals surface area (Å²) in [6.45, 7) is 1.85. The minimum Gasteiger partial charge on any atom is -0.497 e. The lowest BCUT2D eigenvalue weighted by Gasteiger charge is -2.11. The van der Waals surface area contributed by atoms with Crippen molar-refractivity contribution in [3.63, 3.8) is 0 Å². The van der Waals surface area contributed by atoms with Gasteiger partial charge in [-0.25, -0.2) is 0 Å². The molecule has 8 nitrogen and oxygen atoms in total. The van der Waals surface area contributed by atoms with Gasteiger partial charge in [-0.15, -0.1) is 0 Å². The highest BCUT2D eigenvalue weighted by atomic mass is 32.2. The molecule has 0 unspecified atom stereocenters. The number of nitrogens with one attached hydrogen (secondary N) is 1. The molecule has 2 aromatic carbocycles. The van der Waals surface area contributed by atoms with Gasteiger partial charge in [0.25, 0.3) is 10.0 Å². The second-order valence-electron chi connectivity index (χ2n) is 5.38. The van der Waals surface area contributed by atoms with Crippen LogP contribution in [0.2, 0.25) is 0 Å². The fourth-order valence-electron chi connectivity index (χ4n) is 2.36. The lowest BCUT2D eigenvalue weighted by Crippen LogP contribution is -2.20. The Morgan fingerprint density at radius 1 is 1.08 bits per heavy atom. The average Bonchev–Trinajstić information content (AvgIpc) is 3.13. The van der Waals surface area contributed by atoms with Crippen molar-refractivity contribution in [2.75, 3.05) is 21.0 Å². The molecule has 9 heteroatoms. The number of benzene rings is 2. The summed E-state index contributed by atoms with van der Waals surface area (Å²) in [6.07, 6.45) is 0. The molecule has 0 saturated carbocycles. The molecular formula is C17H18N2O6S. The van der Waals surface area contributed by atoms with Crippen LogP contribution in [0.3, 0.4) is 0 Å². The minimum absolute atomic E-state index is 0.0680. The second kappa shape index (κ2) is 7.12. The molecule has 2 aromatic rings. The molecule has 0 atom stereocenters. The Balaban J connectivity index is 1.87. The number of rotatable bonds is 6. The molecule has 0 aliphatic carbocycles. The van der Waals surface area contributed by atoms with Gasteiger partial charge < -0.3 is 18.9 Å². The van der Waals surface area contributed by atoms with E-state index in [0.29, 0.717) is 28.5 Å². The van der Waals surface area contributed by atoms with Crippen molar-refractivity contribution in [1.29, 1.82) is 0 Å². The zero-order chi connectivity index (χ0) is 18.7. The third-order valence-electron chi connectivity index (χ3n) is 3.78. The van der Waals surface area contributed by atoms with Gasteiger partial charge in [-0.2, -0.15) is 18.4 Å². The number of hydrazone groups is 1. The van der Waals surface area contributed by atoms with E-state index in [9.17, 15) is 8.42 Å². The molecule has 0 fully saturated rings. The Morgan fingerprint density at radius 3 is 2.58 bits per heavy atom. The first-order chi connectivity index (χ1) is 12.4. The van der Waals surface area contributed by atoms with Gasteiger partial charge in [0.15, 0.2) is 11.5 Å². The van der Waals surface area contributed by atoms with E-state index in [0.717, 1.165) is 0 Å². The maximum atomic E-state index is 12.6. The molecule has 0 spiro atoms. The maximum absolute atomic E-state index is 12.6. The van der Waals surface area contributed by atoms with E-state index in [1.807, 2.05) is 0 Å². The largest absolute Gasteiger partial charge is 0.497 e. The highest BCUT2D eigenvalue weighted by molar-refractivity contribution is 7.89. The summed E-state index contributed by atoms with van der Waals surface area (Å²) in [4.78, 5) is 2.15. The van der Waals surface area contributed by atoms with Gasteiger partial charge in [0.1, 0.15) is 16.4 Å². The monoisotopic (exact) mass is 378 g/mol. The quantitative estimate of drug-likeness (QED) is 0.611. The molecule has 0 saturated heterocycles. The number of sulfonamides is 1. The van der Waals surface area contributed by atoms with Gasteiger partial charge >= 0.3 is 0 Å². The molecule has 1 aliphatic rings. The molecule has 1 heterocycles. The van der Waals surface area contributed by atoms with Crippen molar-refractivity contribution in [1.82, 2.24) is 4.83 Å². The molecule has 0 bridgehead atoms. The van der Waals surface area contributed by atoms with E-state index in [1.54, 1.807) is 31.2 Å². The van der Waals surface area contributed by atoms with E-state index in [4.69, 9.17) is 18.9 Å². The minimum atomic E-state index is -3.95. The van der Waals surface area contributed by atoms with Gasteiger partial charge in [-0.05, 0) is 37.3 Å². The van der Waals surface area contributed by atoms with Gasteiger partial charge in [0, 0.05) is 11.6 Å². The smallest absolute Gasteiger partial charge is 0.280 e. The topological polar surface area (TPSA) is 95.5 Å². The van der Waals surface area contributed by atoms with E-state index >= 15 is 0 Å². The molecule has 0 amide bonds. The summed E-state index contributed by atoms with van der Waals surface area (Å²) in [5.74, 6) is 1.81. The van der Waals surface area contributed by atoms with Crippen molar-refractivity contribution in [3.05, 3.63) is 42.0 Å². The standard InChI is InChI=1S/C17H18N2O6S/c1-11(12-4-6-14-16(8-12)25-10-24-14)18-19-26(20,21)17-9-13(22-2)5-7-15(17)23-3/h4-9,19H,10H2,1-3H3. The van der Waals surface area contributed by atoms with Crippen LogP contribution in [-0.4, -0.2) is 35.1 Å². The number of hydrogen-bond donors (Lipinski definition) is 1. The van der Waals surface area contributed by atoms with Crippen LogP contribution >= 0.6 is 0 Å². The van der Waals surface area contributed by atoms with Crippen molar-refractivity contribution >= 4 is 15.7 Å². The third-order valence-corrected chi connectivity index (χ3v) is 5.01. The summed E-state index contributed by atoms with van der Waals surface area (Å²) in [7, 11) is -1.11. The normalized spacial score (nSPS) is 13.4. The number of methoxy groups -OCH3 is 2. The number of nitrogens with zero attached hydrogens (tertiary/aromatic N) is 1. The Morgan fingerprint density at radius 2 is 1.85 bits per heavy atom. The van der Waals surface area contributed by atoms with Crippen molar-refractivity contribution < 1.29 is 27.4 Å². The highest BCUT2D eigenvalue weighted by Gasteiger charge is 2.20. The van der Waals surface area contributed by atoms with E-state index in [1.165, 1.54) is 26.4 Å². The third kappa shape index (κ3) is 3.52. The Bertz CT molecular complexity index is 956. The zero-order valence-electron chi connectivity index (χ0n) is 14.5. The van der Waals surface area contributed by atoms with E-state index in [2.05, 4.69) is 9.93 Å². The molecule has 3 rings (SSSR count). The molecule has 0 aromatic heterocycles. The lowest BCUT2D eigenvalue weighted by atomic mass is 10.1. The summed E-state index contributed by atoms with van der Waals surface area (Å²) in [6, 6.07) is 9.75. The Kier molecular flexibility index (Phi) is 4.90. The van der Waals surface area contributed by atoms with Crippen LogP contribution in [0.15, 0.2) is 46.4 Å². The van der Waals surface area contributed by atoms with Gasteiger partial charge in [-0.1, -0.05) is 0 Å². The van der Waals surface area contributed by atoms with Crippen LogP contribution in [0.4, 0.5) is 0 Å². The van der Waals surface area contributed by atoms with Crippen molar-refractivity contribution in [2.24, 2.45) is 5.10 Å². The summed E-state index contributed by atoms with van der Waals surface area (Å²) in [5, 5.41) is 3.98. The number of ether oxygens (including phenoxy) is 4. The van der Waals surface area contributed by atoms with E-state index < -0.39 is 10.0 Å². The van der Waals surface area contributed by atoms with Crippen molar-refractivity contribution in [3.8, 4) is 23.0 Å². The molecule has 26 heavy (non-hydrogen) atoms. The first-order valence-corrected chi connectivity index (χ1v) is 9.11. The van der Waals surface area contributed by atoms with Crippen LogP contribution in [0.25, 0.3) is 0 Å². The van der Waals surface area contributed by atoms with Gasteiger partial charge in [0.05, 0.1) is 19.9 Å². The van der Waals surface area contributed by atoms with E-state index in [-0.39, 0.29) is 17.4 Å². The number of fused-ring (bicyclic) bond motifs is 1. The predicted molar refractivity (Wildman–Crippen MR) is 94.6 cm³/mol. The Hall–Kier alpha value is -2.94. The first kappa shape index (κ1) is 17.9. The fraction of sp³-hybridized carbons (Fsp3) is 0.235. The van der Waals surface area contributed by atoms with Crippen LogP contribution in [0.5, 0.6) is 23.0 Å². The molecular weight excluding hydrogens is 360 g/mol. The van der Waals surface area contributed by atoms with Gasteiger partial charge in [-0.3, -0.25) is 0 Å². The molecule has 1 aliphatic heterocycles. The molecule has 1 N–H and O–H groups in total. The second-order valence-corrected chi connectivity index (χ2v) is 7.01. The SMILES string of the molecule is COc1ccc(OC)c(S(=O)(=O)NN=C(C)c2ccc3c(c2)OCO3)c1. The molecule has 138 valence electrons. The lowest BCUT2D eigenvalue weighted by molar-refractivity contribution is 0.174. The highest BCUT2D eigenvalue weighted by Crippen LogP contribution is 2.32. The predicted octanol–water partition coefficient (Wildman–Crippen LogP) is 2.13. The van der Waals surface area contributed by atoms with Crippen LogP contribution in [0, 0.1) is 0 Å². The summed E-state index contributed by atoms with van der Waals surface area (Å²) in [5.41, 5.74) is 1.17. The van der Waals surface area contributed by atoms with Crippen LogP contribution < -0.4 is 23.8 Å². The average molecular weight is 378 g/mol. The summed E-state index contributed by atoms with van der Waals surface area (Å²) < 4.78 is 46.0. The zero-order valence-corrected chi connectivity index (χ0v) is 15.3. The van der Waals surface area contributed by atoms with Crippen LogP contribution in [0.1, 0.15) is 12.5 Å². The first-order valence-electron chi connectivity index (χ1n) is 7.63. The fourth-order valence-corrected chi connectivity index (χ4v) is 3.40. The van der Waals surface area contributed by atoms with Crippen molar-refractivity contribution in [2.45, 2.75) is 11.8 Å². The van der Waals surface area contributed by atoms with Crippen LogP contribution in [-0.2, 0) is 10.0 Å². The maximum Gasteiger partial charge on any atom is 0.280 e. The van der Waals surface area contributed by atoms with Gasteiger partial charge in [0.2, 0.25) is 6.79 Å².